The molecule has 0 fully saturated rings. The highest BCUT2D eigenvalue weighted by Gasteiger charge is 2.13. The van der Waals surface area contributed by atoms with Crippen molar-refractivity contribution in [3.63, 3.8) is 0 Å². The molecule has 0 aromatic heterocycles. The Morgan fingerprint density at radius 1 is 1.33 bits per heavy atom. The zero-order valence-corrected chi connectivity index (χ0v) is 12.7. The van der Waals surface area contributed by atoms with Crippen LogP contribution in [0.4, 0.5) is 10.5 Å². The summed E-state index contributed by atoms with van der Waals surface area (Å²) in [5.74, 6) is -1.57. The molecule has 0 saturated carbocycles. The summed E-state index contributed by atoms with van der Waals surface area (Å²) in [5.41, 5.74) is 0.595. The third-order valence-electron chi connectivity index (χ3n) is 2.19. The molecule has 1 atom stereocenters. The van der Waals surface area contributed by atoms with E-state index < -0.39 is 17.9 Å². The average Bonchev–Trinajstić information content (AvgIpc) is 2.30. The summed E-state index contributed by atoms with van der Waals surface area (Å²) >= 11 is 6.62. The highest BCUT2D eigenvalue weighted by molar-refractivity contribution is 9.11. The summed E-state index contributed by atoms with van der Waals surface area (Å²) in [6, 6.07) is 4.96. The van der Waals surface area contributed by atoms with E-state index in [1.54, 1.807) is 12.1 Å². The first kappa shape index (κ1) is 15.0. The second kappa shape index (κ2) is 6.75. The molecule has 0 aliphatic rings. The monoisotopic (exact) mass is 378 g/mol. The SMILES string of the molecule is CC(CNC(=O)Nc1c(Br)cccc1Br)C(=O)O. The van der Waals surface area contributed by atoms with E-state index >= 15 is 0 Å². The summed E-state index contributed by atoms with van der Waals surface area (Å²) in [4.78, 5) is 22.2. The first-order valence-electron chi connectivity index (χ1n) is 5.13. The number of nitrogens with one attached hydrogen (secondary N) is 2. The van der Waals surface area contributed by atoms with Crippen molar-refractivity contribution in [2.24, 2.45) is 5.92 Å². The Bertz CT molecular complexity index is 445. The van der Waals surface area contributed by atoms with E-state index in [2.05, 4.69) is 42.5 Å². The van der Waals surface area contributed by atoms with Crippen molar-refractivity contribution in [3.05, 3.63) is 27.1 Å². The number of hydrogen-bond acceptors (Lipinski definition) is 2. The van der Waals surface area contributed by atoms with Crippen molar-refractivity contribution < 1.29 is 14.7 Å². The molecular formula is C11H12Br2N2O3. The lowest BCUT2D eigenvalue weighted by Gasteiger charge is -2.12. The zero-order valence-electron chi connectivity index (χ0n) is 9.54. The van der Waals surface area contributed by atoms with E-state index in [4.69, 9.17) is 5.11 Å². The minimum atomic E-state index is -0.947. The van der Waals surface area contributed by atoms with Crippen LogP contribution >= 0.6 is 31.9 Å². The van der Waals surface area contributed by atoms with Crippen LogP contribution in [0, 0.1) is 5.92 Å². The van der Waals surface area contributed by atoms with Crippen LogP contribution in [-0.2, 0) is 4.79 Å². The number of carboxylic acid groups (broad SMARTS) is 1. The zero-order chi connectivity index (χ0) is 13.7. The molecule has 1 rings (SSSR count). The highest BCUT2D eigenvalue weighted by atomic mass is 79.9. The molecule has 3 N–H and O–H groups in total. The first-order chi connectivity index (χ1) is 8.41. The van der Waals surface area contributed by atoms with Crippen LogP contribution in [0.1, 0.15) is 6.92 Å². The number of carbonyl (C=O) groups excluding carboxylic acids is 1. The molecule has 7 heteroatoms. The molecule has 0 spiro atoms. The van der Waals surface area contributed by atoms with Gasteiger partial charge in [0.25, 0.3) is 0 Å². The summed E-state index contributed by atoms with van der Waals surface area (Å²) in [7, 11) is 0. The second-order valence-corrected chi connectivity index (χ2v) is 5.38. The van der Waals surface area contributed by atoms with E-state index in [9.17, 15) is 9.59 Å². The first-order valence-corrected chi connectivity index (χ1v) is 6.72. The fourth-order valence-electron chi connectivity index (χ4n) is 1.11. The second-order valence-electron chi connectivity index (χ2n) is 3.67. The van der Waals surface area contributed by atoms with Crippen molar-refractivity contribution in [3.8, 4) is 0 Å². The van der Waals surface area contributed by atoms with Crippen LogP contribution in [0.3, 0.4) is 0 Å². The maximum atomic E-state index is 11.6. The number of carboxylic acids is 1. The van der Waals surface area contributed by atoms with Gasteiger partial charge in [-0.15, -0.1) is 0 Å². The Labute approximate surface area is 121 Å². The average molecular weight is 380 g/mol. The topological polar surface area (TPSA) is 78.4 Å². The van der Waals surface area contributed by atoms with E-state index in [1.807, 2.05) is 6.07 Å². The minimum absolute atomic E-state index is 0.0727. The van der Waals surface area contributed by atoms with Crippen molar-refractivity contribution in [1.29, 1.82) is 0 Å². The van der Waals surface area contributed by atoms with Crippen molar-refractivity contribution in [2.75, 3.05) is 11.9 Å². The summed E-state index contributed by atoms with van der Waals surface area (Å²) in [6.45, 7) is 1.60. The smallest absolute Gasteiger partial charge is 0.319 e. The van der Waals surface area contributed by atoms with Crippen molar-refractivity contribution >= 4 is 49.5 Å². The van der Waals surface area contributed by atoms with Crippen LogP contribution in [0.15, 0.2) is 27.1 Å². The van der Waals surface area contributed by atoms with Crippen LogP contribution in [0.2, 0.25) is 0 Å². The van der Waals surface area contributed by atoms with Gasteiger partial charge >= 0.3 is 12.0 Å². The van der Waals surface area contributed by atoms with Crippen molar-refractivity contribution in [2.45, 2.75) is 6.92 Å². The minimum Gasteiger partial charge on any atom is -0.481 e. The van der Waals surface area contributed by atoms with E-state index in [0.29, 0.717) is 5.69 Å². The van der Waals surface area contributed by atoms with Gasteiger partial charge in [0, 0.05) is 15.5 Å². The van der Waals surface area contributed by atoms with Gasteiger partial charge in [0.2, 0.25) is 0 Å². The Hall–Kier alpha value is -1.08. The van der Waals surface area contributed by atoms with Gasteiger partial charge in [-0.05, 0) is 44.0 Å². The van der Waals surface area contributed by atoms with E-state index in [0.717, 1.165) is 8.95 Å². The lowest BCUT2D eigenvalue weighted by molar-refractivity contribution is -0.140. The van der Waals surface area contributed by atoms with Crippen LogP contribution in [0.5, 0.6) is 0 Å². The molecule has 0 radical (unpaired) electrons. The van der Waals surface area contributed by atoms with Gasteiger partial charge in [0.05, 0.1) is 11.6 Å². The number of rotatable bonds is 4. The molecule has 0 aliphatic heterocycles. The number of urea groups is 1. The van der Waals surface area contributed by atoms with E-state index in [-0.39, 0.29) is 6.54 Å². The lowest BCUT2D eigenvalue weighted by atomic mass is 10.2. The number of hydrogen-bond donors (Lipinski definition) is 3. The van der Waals surface area contributed by atoms with Gasteiger partial charge in [-0.25, -0.2) is 4.79 Å². The largest absolute Gasteiger partial charge is 0.481 e. The summed E-state index contributed by atoms with van der Waals surface area (Å²) in [5, 5.41) is 13.8. The van der Waals surface area contributed by atoms with Gasteiger partial charge in [-0.2, -0.15) is 0 Å². The Balaban J connectivity index is 2.58. The fraction of sp³-hybridized carbons (Fsp3) is 0.273. The third kappa shape index (κ3) is 4.30. The standard InChI is InChI=1S/C11H12Br2N2O3/c1-6(10(16)17)5-14-11(18)15-9-7(12)3-2-4-8(9)13/h2-4,6H,5H2,1H3,(H,16,17)(H2,14,15,18). The molecule has 1 aromatic carbocycles. The molecule has 0 saturated heterocycles. The number of carbonyl (C=O) groups is 2. The molecule has 0 bridgehead atoms. The fourth-order valence-corrected chi connectivity index (χ4v) is 2.30. The number of benzene rings is 1. The summed E-state index contributed by atoms with van der Waals surface area (Å²) in [6.07, 6.45) is 0. The number of amides is 2. The van der Waals surface area contributed by atoms with Crippen LogP contribution < -0.4 is 10.6 Å². The number of halogens is 2. The lowest BCUT2D eigenvalue weighted by Crippen LogP contribution is -2.34. The van der Waals surface area contributed by atoms with Gasteiger partial charge in [0.1, 0.15) is 0 Å². The Morgan fingerprint density at radius 3 is 2.39 bits per heavy atom. The number of para-hydroxylation sites is 1. The van der Waals surface area contributed by atoms with Gasteiger partial charge < -0.3 is 15.7 Å². The Morgan fingerprint density at radius 2 is 1.89 bits per heavy atom. The predicted octanol–water partition coefficient (Wildman–Crippen LogP) is 3.05. The van der Waals surface area contributed by atoms with Crippen molar-refractivity contribution in [1.82, 2.24) is 5.32 Å². The molecule has 2 amide bonds. The molecule has 1 unspecified atom stereocenters. The summed E-state index contributed by atoms with van der Waals surface area (Å²) < 4.78 is 1.47. The molecule has 0 heterocycles. The van der Waals surface area contributed by atoms with Crippen LogP contribution in [0.25, 0.3) is 0 Å². The molecule has 98 valence electrons. The van der Waals surface area contributed by atoms with E-state index in [1.165, 1.54) is 6.92 Å². The molecule has 5 nitrogen and oxygen atoms in total. The van der Waals surface area contributed by atoms with Gasteiger partial charge in [-0.3, -0.25) is 4.79 Å². The maximum Gasteiger partial charge on any atom is 0.319 e. The molecular weight excluding hydrogens is 368 g/mol. The molecule has 1 aromatic rings. The predicted molar refractivity (Wildman–Crippen MR) is 75.7 cm³/mol. The molecule has 18 heavy (non-hydrogen) atoms. The normalized spacial score (nSPS) is 11.7. The Kier molecular flexibility index (Phi) is 5.61. The van der Waals surface area contributed by atoms with Gasteiger partial charge in [0.15, 0.2) is 0 Å². The van der Waals surface area contributed by atoms with Crippen LogP contribution in [-0.4, -0.2) is 23.7 Å². The quantitative estimate of drug-likeness (QED) is 0.752. The number of aliphatic carboxylic acids is 1. The number of anilines is 1. The highest BCUT2D eigenvalue weighted by Crippen LogP contribution is 2.30. The third-order valence-corrected chi connectivity index (χ3v) is 3.51. The molecule has 0 aliphatic carbocycles. The van der Waals surface area contributed by atoms with Gasteiger partial charge in [-0.1, -0.05) is 13.0 Å². The maximum absolute atomic E-state index is 11.6.